The van der Waals surface area contributed by atoms with Crippen LogP contribution in [-0.2, 0) is 0 Å². The average Bonchev–Trinajstić information content (AvgIpc) is 2.87. The third kappa shape index (κ3) is 7.66. The molecule has 1 unspecified atom stereocenters. The fraction of sp³-hybridized carbons (Fsp3) is 0.765. The molecule has 116 valence electrons. The minimum absolute atomic E-state index is 0.364. The fourth-order valence-corrected chi connectivity index (χ4v) is 3.70. The second-order valence-electron chi connectivity index (χ2n) is 5.62. The van der Waals surface area contributed by atoms with Crippen LogP contribution in [0.1, 0.15) is 88.5 Å². The zero-order chi connectivity index (χ0) is 14.6. The van der Waals surface area contributed by atoms with Crippen LogP contribution in [0.25, 0.3) is 0 Å². The molecule has 0 radical (unpaired) electrons. The maximum absolute atomic E-state index is 10.0. The first-order chi connectivity index (χ1) is 9.75. The van der Waals surface area contributed by atoms with Gasteiger partial charge in [0.25, 0.3) is 0 Å². The summed E-state index contributed by atoms with van der Waals surface area (Å²) in [6.45, 7) is 2.26. The van der Waals surface area contributed by atoms with Crippen molar-refractivity contribution < 1.29 is 5.11 Å². The molecule has 20 heavy (non-hydrogen) atoms. The number of hydrogen-bond donors (Lipinski definition) is 1. The smallest absolute Gasteiger partial charge is 0.0896 e. The summed E-state index contributed by atoms with van der Waals surface area (Å²) in [7, 11) is 0. The van der Waals surface area contributed by atoms with Crippen molar-refractivity contribution in [1.29, 1.82) is 0 Å². The highest BCUT2D eigenvalue weighted by molar-refractivity contribution is 7.10. The first-order valence-electron chi connectivity index (χ1n) is 8.16. The van der Waals surface area contributed by atoms with E-state index in [0.717, 1.165) is 22.7 Å². The van der Waals surface area contributed by atoms with Crippen molar-refractivity contribution in [2.75, 3.05) is 0 Å². The van der Waals surface area contributed by atoms with Gasteiger partial charge >= 0.3 is 0 Å². The maximum Gasteiger partial charge on any atom is 0.0896 e. The van der Waals surface area contributed by atoms with E-state index in [1.54, 1.807) is 11.3 Å². The Labute approximate surface area is 133 Å². The van der Waals surface area contributed by atoms with Gasteiger partial charge in [-0.05, 0) is 17.9 Å². The molecule has 1 aromatic rings. The summed E-state index contributed by atoms with van der Waals surface area (Å²) in [6.07, 6.45) is 13.8. The molecule has 3 heteroatoms. The van der Waals surface area contributed by atoms with Crippen molar-refractivity contribution in [2.24, 2.45) is 0 Å². The molecule has 0 spiro atoms. The minimum Gasteiger partial charge on any atom is -0.388 e. The predicted molar refractivity (Wildman–Crippen MR) is 90.7 cm³/mol. The molecule has 0 aliphatic heterocycles. The molecule has 1 aromatic heterocycles. The number of rotatable bonds is 12. The van der Waals surface area contributed by atoms with E-state index in [1.807, 2.05) is 11.4 Å². The molecule has 0 fully saturated rings. The third-order valence-electron chi connectivity index (χ3n) is 3.78. The van der Waals surface area contributed by atoms with Crippen LogP contribution in [0.2, 0.25) is 5.02 Å². The molecule has 1 nitrogen and oxygen atoms in total. The number of hydrogen-bond acceptors (Lipinski definition) is 2. The Hall–Kier alpha value is -0.0500. The monoisotopic (exact) mass is 316 g/mol. The lowest BCUT2D eigenvalue weighted by atomic mass is 10.0. The van der Waals surface area contributed by atoms with E-state index < -0.39 is 0 Å². The fourth-order valence-electron chi connectivity index (χ4n) is 2.50. The minimum atomic E-state index is -0.364. The summed E-state index contributed by atoms with van der Waals surface area (Å²) in [5, 5.41) is 12.7. The van der Waals surface area contributed by atoms with Gasteiger partial charge in [0, 0.05) is 0 Å². The first-order valence-corrected chi connectivity index (χ1v) is 9.42. The number of thiophene rings is 1. The predicted octanol–water partition coefficient (Wildman–Crippen LogP) is 6.75. The molecule has 0 bridgehead atoms. The van der Waals surface area contributed by atoms with Crippen LogP contribution in [0.15, 0.2) is 11.4 Å². The van der Waals surface area contributed by atoms with Gasteiger partial charge in [0.1, 0.15) is 0 Å². The van der Waals surface area contributed by atoms with Crippen LogP contribution in [0.3, 0.4) is 0 Å². The lowest BCUT2D eigenvalue weighted by molar-refractivity contribution is 0.167. The summed E-state index contributed by atoms with van der Waals surface area (Å²) in [5.41, 5.74) is 0. The van der Waals surface area contributed by atoms with Crippen molar-refractivity contribution in [3.8, 4) is 0 Å². The van der Waals surface area contributed by atoms with E-state index in [-0.39, 0.29) is 6.10 Å². The second-order valence-corrected chi connectivity index (χ2v) is 6.97. The number of aliphatic hydroxyl groups is 1. The Morgan fingerprint density at radius 3 is 2.05 bits per heavy atom. The highest BCUT2D eigenvalue weighted by Gasteiger charge is 2.12. The largest absolute Gasteiger partial charge is 0.388 e. The molecule has 0 aliphatic rings. The van der Waals surface area contributed by atoms with Crippen LogP contribution >= 0.6 is 22.9 Å². The summed E-state index contributed by atoms with van der Waals surface area (Å²) >= 11 is 7.58. The van der Waals surface area contributed by atoms with Gasteiger partial charge in [-0.15, -0.1) is 11.3 Å². The highest BCUT2D eigenvalue weighted by atomic mass is 35.5. The Kier molecular flexibility index (Phi) is 10.4. The number of halogens is 1. The molecule has 1 N–H and O–H groups in total. The van der Waals surface area contributed by atoms with Gasteiger partial charge in [-0.2, -0.15) is 0 Å². The Balaban J connectivity index is 1.91. The summed E-state index contributed by atoms with van der Waals surface area (Å²) in [4.78, 5) is 0.933. The van der Waals surface area contributed by atoms with Gasteiger partial charge in [0.2, 0.25) is 0 Å². The second kappa shape index (κ2) is 11.6. The van der Waals surface area contributed by atoms with Gasteiger partial charge in [0.05, 0.1) is 16.0 Å². The van der Waals surface area contributed by atoms with Crippen molar-refractivity contribution in [2.45, 2.75) is 83.7 Å². The summed E-state index contributed by atoms with van der Waals surface area (Å²) < 4.78 is 0. The topological polar surface area (TPSA) is 20.2 Å². The molecule has 0 amide bonds. The average molecular weight is 317 g/mol. The van der Waals surface area contributed by atoms with Crippen molar-refractivity contribution in [1.82, 2.24) is 0 Å². The quantitative estimate of drug-likeness (QED) is 0.423. The van der Waals surface area contributed by atoms with Crippen LogP contribution in [0.5, 0.6) is 0 Å². The van der Waals surface area contributed by atoms with Crippen LogP contribution < -0.4 is 0 Å². The molecule has 1 atom stereocenters. The molecular formula is C17H29ClOS. The van der Waals surface area contributed by atoms with Gasteiger partial charge in [-0.1, -0.05) is 82.7 Å². The van der Waals surface area contributed by atoms with E-state index in [4.69, 9.17) is 11.6 Å². The Morgan fingerprint density at radius 1 is 1.00 bits per heavy atom. The summed E-state index contributed by atoms with van der Waals surface area (Å²) in [5.74, 6) is 0. The Bertz CT molecular complexity index is 337. The van der Waals surface area contributed by atoms with E-state index >= 15 is 0 Å². The van der Waals surface area contributed by atoms with Crippen LogP contribution in [-0.4, -0.2) is 5.11 Å². The highest BCUT2D eigenvalue weighted by Crippen LogP contribution is 2.31. The van der Waals surface area contributed by atoms with Crippen LogP contribution in [0.4, 0.5) is 0 Å². The van der Waals surface area contributed by atoms with E-state index in [1.165, 1.54) is 57.8 Å². The standard InChI is InChI=1S/C17H29ClOS/c1-2-3-4-5-6-7-8-9-10-11-12-16(19)17-15(18)13-14-20-17/h13-14,16,19H,2-12H2,1H3. The SMILES string of the molecule is CCCCCCCCCCCCC(O)c1sccc1Cl. The van der Waals surface area contributed by atoms with Gasteiger partial charge in [-0.3, -0.25) is 0 Å². The van der Waals surface area contributed by atoms with Gasteiger partial charge in [0.15, 0.2) is 0 Å². The lowest BCUT2D eigenvalue weighted by Gasteiger charge is -2.09. The van der Waals surface area contributed by atoms with E-state index in [9.17, 15) is 5.11 Å². The normalized spacial score (nSPS) is 12.8. The Morgan fingerprint density at radius 2 is 1.55 bits per heavy atom. The lowest BCUT2D eigenvalue weighted by Crippen LogP contribution is -1.95. The van der Waals surface area contributed by atoms with Crippen LogP contribution in [0, 0.1) is 0 Å². The van der Waals surface area contributed by atoms with E-state index in [0.29, 0.717) is 0 Å². The summed E-state index contributed by atoms with van der Waals surface area (Å²) in [6, 6.07) is 1.86. The molecular weight excluding hydrogens is 288 g/mol. The first kappa shape index (κ1) is 18.0. The van der Waals surface area contributed by atoms with Crippen molar-refractivity contribution in [3.63, 3.8) is 0 Å². The molecule has 1 rings (SSSR count). The van der Waals surface area contributed by atoms with E-state index in [2.05, 4.69) is 6.92 Å². The number of aliphatic hydroxyl groups excluding tert-OH is 1. The zero-order valence-electron chi connectivity index (χ0n) is 12.7. The maximum atomic E-state index is 10.0. The number of unbranched alkanes of at least 4 members (excludes halogenated alkanes) is 9. The molecule has 0 aliphatic carbocycles. The van der Waals surface area contributed by atoms with Crippen molar-refractivity contribution >= 4 is 22.9 Å². The molecule has 0 aromatic carbocycles. The van der Waals surface area contributed by atoms with Gasteiger partial charge in [-0.25, -0.2) is 0 Å². The molecule has 0 saturated carbocycles. The van der Waals surface area contributed by atoms with Gasteiger partial charge < -0.3 is 5.11 Å². The molecule has 0 saturated heterocycles. The van der Waals surface area contributed by atoms with Crippen molar-refractivity contribution in [3.05, 3.63) is 21.3 Å². The molecule has 1 heterocycles. The third-order valence-corrected chi connectivity index (χ3v) is 5.24. The zero-order valence-corrected chi connectivity index (χ0v) is 14.3.